The number of hydrogen-bond acceptors (Lipinski definition) is 3. The molecule has 1 saturated heterocycles. The van der Waals surface area contributed by atoms with Crippen LogP contribution in [0.4, 0.5) is 5.69 Å². The molecule has 0 saturated carbocycles. The molecular weight excluding hydrogens is 379 g/mol. The van der Waals surface area contributed by atoms with E-state index in [4.69, 9.17) is 33.9 Å². The molecule has 4 rings (SSSR count). The standard InChI is InChI=1S/C21H24Cl2N4/c1-2-16-5-3-4-10-26(16)13-19-21(14-6-8-17(22)18(23)11-14)25-20-9-7-15(24)12-27(19)20/h6-9,11-12,16H,2-5,10,13,24H2,1H3. The molecule has 1 atom stereocenters. The van der Waals surface area contributed by atoms with Crippen LogP contribution in [0.2, 0.25) is 10.0 Å². The van der Waals surface area contributed by atoms with Gasteiger partial charge in [0.2, 0.25) is 0 Å². The second-order valence-electron chi connectivity index (χ2n) is 7.25. The molecule has 1 aliphatic rings. The van der Waals surface area contributed by atoms with E-state index in [1.165, 1.54) is 25.7 Å². The first-order valence-electron chi connectivity index (χ1n) is 9.52. The van der Waals surface area contributed by atoms with Gasteiger partial charge < -0.3 is 10.1 Å². The van der Waals surface area contributed by atoms with E-state index in [1.54, 1.807) is 0 Å². The first-order valence-corrected chi connectivity index (χ1v) is 10.3. The Morgan fingerprint density at radius 1 is 1.15 bits per heavy atom. The lowest BCUT2D eigenvalue weighted by atomic mass is 9.99. The molecule has 0 spiro atoms. The van der Waals surface area contributed by atoms with E-state index >= 15 is 0 Å². The van der Waals surface area contributed by atoms with Crippen LogP contribution in [0.25, 0.3) is 16.9 Å². The molecule has 4 nitrogen and oxygen atoms in total. The van der Waals surface area contributed by atoms with Crippen LogP contribution in [-0.4, -0.2) is 26.9 Å². The van der Waals surface area contributed by atoms with Crippen molar-refractivity contribution in [2.75, 3.05) is 12.3 Å². The van der Waals surface area contributed by atoms with Crippen molar-refractivity contribution in [2.45, 2.75) is 45.2 Å². The van der Waals surface area contributed by atoms with Crippen LogP contribution in [-0.2, 0) is 6.54 Å². The second kappa shape index (κ2) is 7.70. The lowest BCUT2D eigenvalue weighted by Gasteiger charge is -2.35. The number of fused-ring (bicyclic) bond motifs is 1. The Balaban J connectivity index is 1.83. The number of hydrogen-bond donors (Lipinski definition) is 1. The van der Waals surface area contributed by atoms with Gasteiger partial charge in [0, 0.05) is 30.0 Å². The zero-order valence-corrected chi connectivity index (χ0v) is 17.0. The van der Waals surface area contributed by atoms with Crippen molar-refractivity contribution in [3.63, 3.8) is 0 Å². The van der Waals surface area contributed by atoms with Crippen molar-refractivity contribution >= 4 is 34.5 Å². The van der Waals surface area contributed by atoms with Crippen molar-refractivity contribution in [3.05, 3.63) is 52.3 Å². The summed E-state index contributed by atoms with van der Waals surface area (Å²) in [7, 11) is 0. The van der Waals surface area contributed by atoms with Crippen molar-refractivity contribution < 1.29 is 0 Å². The van der Waals surface area contributed by atoms with Gasteiger partial charge in [0.05, 0.1) is 21.4 Å². The van der Waals surface area contributed by atoms with E-state index in [1.807, 2.05) is 36.5 Å². The number of benzene rings is 1. The van der Waals surface area contributed by atoms with Gasteiger partial charge in [0.15, 0.2) is 0 Å². The molecule has 1 fully saturated rings. The fourth-order valence-electron chi connectivity index (χ4n) is 4.06. The molecule has 1 aromatic carbocycles. The summed E-state index contributed by atoms with van der Waals surface area (Å²) in [5.41, 5.74) is 10.8. The molecule has 3 aromatic rings. The van der Waals surface area contributed by atoms with E-state index in [0.29, 0.717) is 16.1 Å². The Morgan fingerprint density at radius 3 is 2.78 bits per heavy atom. The van der Waals surface area contributed by atoms with Crippen LogP contribution in [0.5, 0.6) is 0 Å². The lowest BCUT2D eigenvalue weighted by Crippen LogP contribution is -2.38. The minimum absolute atomic E-state index is 0.543. The molecule has 6 heteroatoms. The Labute approximate surface area is 169 Å². The summed E-state index contributed by atoms with van der Waals surface area (Å²) in [5, 5.41) is 1.10. The van der Waals surface area contributed by atoms with Gasteiger partial charge >= 0.3 is 0 Å². The van der Waals surface area contributed by atoms with Gasteiger partial charge in [-0.1, -0.05) is 42.6 Å². The molecule has 2 aromatic heterocycles. The third-order valence-corrected chi connectivity index (χ3v) is 6.25. The van der Waals surface area contributed by atoms with Crippen LogP contribution >= 0.6 is 23.2 Å². The molecule has 0 aliphatic carbocycles. The van der Waals surface area contributed by atoms with Crippen molar-refractivity contribution in [1.82, 2.24) is 14.3 Å². The number of anilines is 1. The summed E-state index contributed by atoms with van der Waals surface area (Å²) in [6.07, 6.45) is 6.95. The Morgan fingerprint density at radius 2 is 2.00 bits per heavy atom. The minimum atomic E-state index is 0.543. The predicted octanol–water partition coefficient (Wildman–Crippen LogP) is 5.65. The van der Waals surface area contributed by atoms with Gasteiger partial charge in [-0.25, -0.2) is 4.98 Å². The van der Waals surface area contributed by atoms with Crippen LogP contribution in [0.3, 0.4) is 0 Å². The van der Waals surface area contributed by atoms with Gasteiger partial charge in [-0.05, 0) is 50.1 Å². The number of likely N-dealkylation sites (tertiary alicyclic amines) is 1. The monoisotopic (exact) mass is 402 g/mol. The highest BCUT2D eigenvalue weighted by molar-refractivity contribution is 6.42. The van der Waals surface area contributed by atoms with Gasteiger partial charge in [-0.3, -0.25) is 4.90 Å². The molecular formula is C21H24Cl2N4. The number of imidazole rings is 1. The Bertz CT molecular complexity index is 966. The van der Waals surface area contributed by atoms with E-state index in [0.717, 1.165) is 41.4 Å². The first-order chi connectivity index (χ1) is 13.1. The zero-order valence-electron chi connectivity index (χ0n) is 15.5. The average molecular weight is 403 g/mol. The maximum absolute atomic E-state index is 6.28. The molecule has 2 N–H and O–H groups in total. The van der Waals surface area contributed by atoms with Crippen LogP contribution < -0.4 is 5.73 Å². The maximum atomic E-state index is 6.28. The SMILES string of the molecule is CCC1CCCCN1Cc1c(-c2ccc(Cl)c(Cl)c2)nc2ccc(N)cn12. The van der Waals surface area contributed by atoms with Gasteiger partial charge in [0.25, 0.3) is 0 Å². The summed E-state index contributed by atoms with van der Waals surface area (Å²) in [6.45, 7) is 4.24. The van der Waals surface area contributed by atoms with Crippen LogP contribution in [0.1, 0.15) is 38.3 Å². The molecule has 142 valence electrons. The first kappa shape index (κ1) is 18.6. The number of nitrogen functional groups attached to an aromatic ring is 1. The van der Waals surface area contributed by atoms with Gasteiger partial charge in [-0.2, -0.15) is 0 Å². The number of nitrogens with zero attached hydrogens (tertiary/aromatic N) is 3. The van der Waals surface area contributed by atoms with E-state index in [9.17, 15) is 0 Å². The average Bonchev–Trinajstić information content (AvgIpc) is 3.02. The normalized spacial score (nSPS) is 18.3. The molecule has 27 heavy (non-hydrogen) atoms. The van der Waals surface area contributed by atoms with Crippen molar-refractivity contribution in [3.8, 4) is 11.3 Å². The molecule has 0 bridgehead atoms. The molecule has 0 radical (unpaired) electrons. The minimum Gasteiger partial charge on any atom is -0.398 e. The molecule has 0 amide bonds. The fourth-order valence-corrected chi connectivity index (χ4v) is 4.36. The molecule has 1 unspecified atom stereocenters. The van der Waals surface area contributed by atoms with E-state index < -0.39 is 0 Å². The summed E-state index contributed by atoms with van der Waals surface area (Å²) in [6, 6.07) is 10.2. The van der Waals surface area contributed by atoms with Crippen LogP contribution in [0.15, 0.2) is 36.5 Å². The van der Waals surface area contributed by atoms with E-state index in [-0.39, 0.29) is 0 Å². The number of aromatic nitrogens is 2. The lowest BCUT2D eigenvalue weighted by molar-refractivity contribution is 0.134. The number of pyridine rings is 1. The Hall–Kier alpha value is -1.75. The third-order valence-electron chi connectivity index (χ3n) is 5.51. The number of piperidine rings is 1. The van der Waals surface area contributed by atoms with Crippen molar-refractivity contribution in [1.29, 1.82) is 0 Å². The number of nitrogens with two attached hydrogens (primary N) is 1. The van der Waals surface area contributed by atoms with Gasteiger partial charge in [-0.15, -0.1) is 0 Å². The Kier molecular flexibility index (Phi) is 5.31. The largest absolute Gasteiger partial charge is 0.398 e. The summed E-state index contributed by atoms with van der Waals surface area (Å²) < 4.78 is 2.12. The smallest absolute Gasteiger partial charge is 0.137 e. The maximum Gasteiger partial charge on any atom is 0.137 e. The number of halogens is 2. The molecule has 3 heterocycles. The predicted molar refractivity (Wildman–Crippen MR) is 113 cm³/mol. The molecule has 1 aliphatic heterocycles. The number of rotatable bonds is 4. The topological polar surface area (TPSA) is 46.6 Å². The summed E-state index contributed by atoms with van der Waals surface area (Å²) >= 11 is 12.4. The quantitative estimate of drug-likeness (QED) is 0.612. The van der Waals surface area contributed by atoms with Crippen molar-refractivity contribution in [2.24, 2.45) is 0 Å². The fraction of sp³-hybridized carbons (Fsp3) is 0.381. The highest BCUT2D eigenvalue weighted by atomic mass is 35.5. The highest BCUT2D eigenvalue weighted by Crippen LogP contribution is 2.32. The third kappa shape index (κ3) is 3.66. The zero-order chi connectivity index (χ0) is 19.0. The summed E-state index contributed by atoms with van der Waals surface area (Å²) in [4.78, 5) is 7.47. The summed E-state index contributed by atoms with van der Waals surface area (Å²) in [5.74, 6) is 0. The second-order valence-corrected chi connectivity index (χ2v) is 8.07. The van der Waals surface area contributed by atoms with Crippen LogP contribution in [0, 0.1) is 0 Å². The van der Waals surface area contributed by atoms with Gasteiger partial charge in [0.1, 0.15) is 5.65 Å². The van der Waals surface area contributed by atoms with E-state index in [2.05, 4.69) is 16.2 Å². The highest BCUT2D eigenvalue weighted by Gasteiger charge is 2.24.